The zero-order valence-electron chi connectivity index (χ0n) is 12.5. The lowest BCUT2D eigenvalue weighted by Gasteiger charge is -2.30. The molecule has 0 aromatic carbocycles. The van der Waals surface area contributed by atoms with Crippen molar-refractivity contribution in [3.05, 3.63) is 23.7 Å². The molecule has 1 aromatic heterocycles. The Bertz CT molecular complexity index is 483. The first-order valence-electron chi connectivity index (χ1n) is 7.28. The van der Waals surface area contributed by atoms with Crippen molar-refractivity contribution in [2.45, 2.75) is 58.5 Å². The molecule has 4 heteroatoms. The highest BCUT2D eigenvalue weighted by atomic mass is 16.4. The van der Waals surface area contributed by atoms with Gasteiger partial charge in [-0.15, -0.1) is 0 Å². The summed E-state index contributed by atoms with van der Waals surface area (Å²) in [5.41, 5.74) is -0.783. The van der Waals surface area contributed by atoms with Gasteiger partial charge in [-0.3, -0.25) is 0 Å². The number of carboxylic acids is 1. The first-order valence-corrected chi connectivity index (χ1v) is 7.28. The van der Waals surface area contributed by atoms with E-state index in [0.717, 1.165) is 19.3 Å². The van der Waals surface area contributed by atoms with Gasteiger partial charge in [-0.25, -0.2) is 4.79 Å². The van der Waals surface area contributed by atoms with E-state index in [1.54, 1.807) is 6.07 Å². The van der Waals surface area contributed by atoms with E-state index in [1.165, 1.54) is 6.07 Å². The summed E-state index contributed by atoms with van der Waals surface area (Å²) in [6, 6.07) is 3.02. The molecule has 112 valence electrons. The predicted octanol–water partition coefficient (Wildman–Crippen LogP) is 3.79. The second-order valence-electron chi connectivity index (χ2n) is 6.99. The average Bonchev–Trinajstić information content (AvgIpc) is 2.74. The minimum absolute atomic E-state index is 0.106. The summed E-state index contributed by atoms with van der Waals surface area (Å²) >= 11 is 0. The Balaban J connectivity index is 2.16. The van der Waals surface area contributed by atoms with Crippen molar-refractivity contribution in [1.29, 1.82) is 0 Å². The van der Waals surface area contributed by atoms with Gasteiger partial charge in [0.2, 0.25) is 5.76 Å². The Labute approximate surface area is 119 Å². The van der Waals surface area contributed by atoms with Crippen LogP contribution in [0.25, 0.3) is 0 Å². The van der Waals surface area contributed by atoms with Gasteiger partial charge < -0.3 is 14.6 Å². The van der Waals surface area contributed by atoms with E-state index in [2.05, 4.69) is 20.8 Å². The second-order valence-corrected chi connectivity index (χ2v) is 6.99. The van der Waals surface area contributed by atoms with E-state index < -0.39 is 11.6 Å². The van der Waals surface area contributed by atoms with Crippen molar-refractivity contribution in [2.24, 2.45) is 11.3 Å². The molecule has 2 N–H and O–H groups in total. The van der Waals surface area contributed by atoms with E-state index in [-0.39, 0.29) is 11.2 Å². The van der Waals surface area contributed by atoms with Gasteiger partial charge in [0.25, 0.3) is 0 Å². The predicted molar refractivity (Wildman–Crippen MR) is 75.6 cm³/mol. The number of rotatable bonds is 2. The van der Waals surface area contributed by atoms with E-state index >= 15 is 0 Å². The summed E-state index contributed by atoms with van der Waals surface area (Å²) in [5, 5.41) is 19.7. The molecule has 0 spiro atoms. The molecular formula is C16H24O4. The molecule has 4 nitrogen and oxygen atoms in total. The van der Waals surface area contributed by atoms with Crippen LogP contribution in [0.15, 0.2) is 16.5 Å². The van der Waals surface area contributed by atoms with Gasteiger partial charge in [-0.2, -0.15) is 0 Å². The van der Waals surface area contributed by atoms with E-state index in [4.69, 9.17) is 9.52 Å². The average molecular weight is 280 g/mol. The van der Waals surface area contributed by atoms with Crippen LogP contribution in [0.5, 0.6) is 0 Å². The molecule has 1 fully saturated rings. The number of aromatic carboxylic acids is 1. The van der Waals surface area contributed by atoms with Crippen LogP contribution in [0.4, 0.5) is 0 Å². The number of furan rings is 1. The van der Waals surface area contributed by atoms with Crippen LogP contribution < -0.4 is 0 Å². The molecule has 0 aliphatic heterocycles. The van der Waals surface area contributed by atoms with Gasteiger partial charge in [0.05, 0.1) is 0 Å². The zero-order valence-corrected chi connectivity index (χ0v) is 12.5. The maximum Gasteiger partial charge on any atom is 0.371 e. The number of aliphatic hydroxyl groups is 1. The van der Waals surface area contributed by atoms with Gasteiger partial charge in [0, 0.05) is 0 Å². The molecule has 2 rings (SSSR count). The minimum Gasteiger partial charge on any atom is -0.475 e. The number of carbonyl (C=O) groups is 1. The summed E-state index contributed by atoms with van der Waals surface area (Å²) in [5.74, 6) is -0.235. The van der Waals surface area contributed by atoms with Crippen molar-refractivity contribution < 1.29 is 19.4 Å². The number of hydrogen-bond donors (Lipinski definition) is 2. The van der Waals surface area contributed by atoms with Crippen LogP contribution in [0, 0.1) is 11.3 Å². The fraction of sp³-hybridized carbons (Fsp3) is 0.688. The molecule has 0 radical (unpaired) electrons. The molecule has 1 heterocycles. The molecule has 1 aromatic rings. The highest BCUT2D eigenvalue weighted by Crippen LogP contribution is 2.43. The molecule has 0 bridgehead atoms. The standard InChI is InChI=1S/C16H24O4/c1-15(2,3)11-5-4-9-16(19,10-8-11)13-7-6-12(20-13)14(17)18/h6-7,11,19H,4-5,8-10H2,1-3H3,(H,17,18). The van der Waals surface area contributed by atoms with Gasteiger partial charge >= 0.3 is 5.97 Å². The van der Waals surface area contributed by atoms with Crippen molar-refractivity contribution >= 4 is 5.97 Å². The third kappa shape index (κ3) is 3.06. The van der Waals surface area contributed by atoms with Gasteiger partial charge in [0.15, 0.2) is 0 Å². The first-order chi connectivity index (χ1) is 9.22. The number of hydrogen-bond acceptors (Lipinski definition) is 3. The third-order valence-electron chi connectivity index (χ3n) is 4.55. The first kappa shape index (κ1) is 15.1. The van der Waals surface area contributed by atoms with Crippen LogP contribution in [0.2, 0.25) is 0 Å². The molecule has 0 saturated heterocycles. The smallest absolute Gasteiger partial charge is 0.371 e. The third-order valence-corrected chi connectivity index (χ3v) is 4.55. The van der Waals surface area contributed by atoms with Crippen LogP contribution >= 0.6 is 0 Å². The Morgan fingerprint density at radius 2 is 2.00 bits per heavy atom. The van der Waals surface area contributed by atoms with Gasteiger partial charge in [-0.1, -0.05) is 20.8 Å². The molecule has 2 atom stereocenters. The topological polar surface area (TPSA) is 70.7 Å². The minimum atomic E-state index is -1.10. The van der Waals surface area contributed by atoms with Crippen LogP contribution in [-0.4, -0.2) is 16.2 Å². The second kappa shape index (κ2) is 5.24. The fourth-order valence-electron chi connectivity index (χ4n) is 3.14. The summed E-state index contributed by atoms with van der Waals surface area (Å²) in [4.78, 5) is 10.9. The van der Waals surface area contributed by atoms with Crippen molar-refractivity contribution in [3.8, 4) is 0 Å². The molecule has 0 amide bonds. The lowest BCUT2D eigenvalue weighted by atomic mass is 9.76. The molecule has 1 aliphatic rings. The molecule has 1 saturated carbocycles. The molecule has 20 heavy (non-hydrogen) atoms. The summed E-state index contributed by atoms with van der Waals surface area (Å²) < 4.78 is 5.31. The van der Waals surface area contributed by atoms with Crippen LogP contribution in [0.3, 0.4) is 0 Å². The summed E-state index contributed by atoms with van der Waals surface area (Å²) in [6.45, 7) is 6.70. The zero-order chi connectivity index (χ0) is 15.0. The van der Waals surface area contributed by atoms with Crippen LogP contribution in [0.1, 0.15) is 69.2 Å². The van der Waals surface area contributed by atoms with Gasteiger partial charge in [0.1, 0.15) is 11.4 Å². The Morgan fingerprint density at radius 3 is 2.55 bits per heavy atom. The quantitative estimate of drug-likeness (QED) is 0.808. The lowest BCUT2D eigenvalue weighted by molar-refractivity contribution is -0.00371. The maximum absolute atomic E-state index is 10.9. The van der Waals surface area contributed by atoms with Crippen molar-refractivity contribution in [1.82, 2.24) is 0 Å². The number of carboxylic acid groups (broad SMARTS) is 1. The van der Waals surface area contributed by atoms with Gasteiger partial charge in [-0.05, 0) is 55.6 Å². The normalized spacial score (nSPS) is 28.1. The molecule has 2 unspecified atom stereocenters. The largest absolute Gasteiger partial charge is 0.475 e. The lowest BCUT2D eigenvalue weighted by Crippen LogP contribution is -2.25. The SMILES string of the molecule is CC(C)(C)C1CCCC(O)(c2ccc(C(=O)O)o2)CC1. The Kier molecular flexibility index (Phi) is 3.96. The van der Waals surface area contributed by atoms with Crippen molar-refractivity contribution in [3.63, 3.8) is 0 Å². The highest BCUT2D eigenvalue weighted by molar-refractivity contribution is 5.84. The van der Waals surface area contributed by atoms with E-state index in [0.29, 0.717) is 24.5 Å². The fourth-order valence-corrected chi connectivity index (χ4v) is 3.14. The summed E-state index contributed by atoms with van der Waals surface area (Å²) in [7, 11) is 0. The van der Waals surface area contributed by atoms with E-state index in [1.807, 2.05) is 0 Å². The Hall–Kier alpha value is -1.29. The highest BCUT2D eigenvalue weighted by Gasteiger charge is 2.38. The van der Waals surface area contributed by atoms with Crippen molar-refractivity contribution in [2.75, 3.05) is 0 Å². The Morgan fingerprint density at radius 1 is 1.30 bits per heavy atom. The van der Waals surface area contributed by atoms with Crippen LogP contribution in [-0.2, 0) is 5.60 Å². The monoisotopic (exact) mass is 280 g/mol. The maximum atomic E-state index is 10.9. The van der Waals surface area contributed by atoms with E-state index in [9.17, 15) is 9.90 Å². The molecular weight excluding hydrogens is 256 g/mol. The molecule has 1 aliphatic carbocycles. The summed E-state index contributed by atoms with van der Waals surface area (Å²) in [6.07, 6.45) is 4.22.